The van der Waals surface area contributed by atoms with Crippen molar-refractivity contribution >= 4 is 5.97 Å². The summed E-state index contributed by atoms with van der Waals surface area (Å²) in [6, 6.07) is 1.97. The van der Waals surface area contributed by atoms with E-state index in [4.69, 9.17) is 19.5 Å². The first kappa shape index (κ1) is 14.9. The summed E-state index contributed by atoms with van der Waals surface area (Å²) in [5.74, 6) is -0.556. The lowest BCUT2D eigenvalue weighted by atomic mass is 9.91. The maximum atomic E-state index is 11.7. The van der Waals surface area contributed by atoms with Crippen molar-refractivity contribution in [3.63, 3.8) is 0 Å². The zero-order valence-corrected chi connectivity index (χ0v) is 11.1. The third-order valence-electron chi connectivity index (χ3n) is 2.95. The fourth-order valence-electron chi connectivity index (χ4n) is 1.79. The lowest BCUT2D eigenvalue weighted by Crippen LogP contribution is -2.47. The van der Waals surface area contributed by atoms with Gasteiger partial charge in [0.2, 0.25) is 5.41 Å². The fraction of sp³-hybridized carbons (Fsp3) is 0.846. The van der Waals surface area contributed by atoms with Gasteiger partial charge in [0.25, 0.3) is 0 Å². The minimum absolute atomic E-state index is 0.0547. The highest BCUT2D eigenvalue weighted by Gasteiger charge is 2.45. The highest BCUT2D eigenvalue weighted by atomic mass is 16.7. The smallest absolute Gasteiger partial charge is 0.331 e. The van der Waals surface area contributed by atoms with Gasteiger partial charge in [0, 0.05) is 0 Å². The molecule has 0 aliphatic carbocycles. The van der Waals surface area contributed by atoms with Crippen LogP contribution in [0.25, 0.3) is 0 Å². The lowest BCUT2D eigenvalue weighted by molar-refractivity contribution is -0.226. The molecule has 0 bridgehead atoms. The predicted molar refractivity (Wildman–Crippen MR) is 64.5 cm³/mol. The highest BCUT2D eigenvalue weighted by Crippen LogP contribution is 2.27. The molecule has 1 aliphatic heterocycles. The summed E-state index contributed by atoms with van der Waals surface area (Å²) >= 11 is 0. The van der Waals surface area contributed by atoms with Gasteiger partial charge < -0.3 is 14.2 Å². The first-order chi connectivity index (χ1) is 8.68. The molecular formula is C13H21NO4. The Morgan fingerprint density at radius 1 is 1.39 bits per heavy atom. The van der Waals surface area contributed by atoms with Crippen LogP contribution >= 0.6 is 0 Å². The van der Waals surface area contributed by atoms with E-state index in [9.17, 15) is 4.79 Å². The molecule has 18 heavy (non-hydrogen) atoms. The quantitative estimate of drug-likeness (QED) is 0.536. The maximum Gasteiger partial charge on any atom is 0.331 e. The molecule has 1 aliphatic rings. The molecule has 1 rings (SSSR count). The van der Waals surface area contributed by atoms with E-state index >= 15 is 0 Å². The number of hydrogen-bond acceptors (Lipinski definition) is 5. The molecular weight excluding hydrogens is 234 g/mol. The first-order valence-electron chi connectivity index (χ1n) is 6.50. The Labute approximate surface area is 108 Å². The number of carbonyl (C=O) groups excluding carboxylic acids is 1. The summed E-state index contributed by atoms with van der Waals surface area (Å²) in [5.41, 5.74) is -1.29. The van der Waals surface area contributed by atoms with Gasteiger partial charge in [-0.15, -0.1) is 0 Å². The summed E-state index contributed by atoms with van der Waals surface area (Å²) in [6.07, 6.45) is 3.80. The van der Waals surface area contributed by atoms with Crippen LogP contribution in [0.3, 0.4) is 0 Å². The summed E-state index contributed by atoms with van der Waals surface area (Å²) in [6.45, 7) is 4.20. The SMILES string of the molecule is CCCCCC1OCC(C#N)(C(=O)OCC)CO1. The van der Waals surface area contributed by atoms with Crippen molar-refractivity contribution in [2.24, 2.45) is 5.41 Å². The molecule has 1 fully saturated rings. The number of unbranched alkanes of at least 4 members (excludes halogenated alkanes) is 2. The van der Waals surface area contributed by atoms with Gasteiger partial charge in [-0.1, -0.05) is 19.8 Å². The summed E-state index contributed by atoms with van der Waals surface area (Å²) in [4.78, 5) is 11.7. The van der Waals surface area contributed by atoms with E-state index < -0.39 is 11.4 Å². The van der Waals surface area contributed by atoms with Gasteiger partial charge in [0.1, 0.15) is 0 Å². The van der Waals surface area contributed by atoms with E-state index in [1.165, 1.54) is 0 Å². The standard InChI is InChI=1S/C13H21NO4/c1-3-5-6-7-11-17-9-13(8-14,10-18-11)12(15)16-4-2/h11H,3-7,9-10H2,1-2H3. The van der Waals surface area contributed by atoms with Crippen molar-refractivity contribution in [2.45, 2.75) is 45.8 Å². The molecule has 5 heteroatoms. The first-order valence-corrected chi connectivity index (χ1v) is 6.50. The van der Waals surface area contributed by atoms with Crippen molar-refractivity contribution in [3.8, 4) is 6.07 Å². The molecule has 0 saturated carbocycles. The molecule has 0 radical (unpaired) electrons. The van der Waals surface area contributed by atoms with Gasteiger partial charge in [0.15, 0.2) is 6.29 Å². The Bertz CT molecular complexity index is 303. The number of esters is 1. The Morgan fingerprint density at radius 2 is 2.06 bits per heavy atom. The largest absolute Gasteiger partial charge is 0.465 e. The Hall–Kier alpha value is -1.12. The number of carbonyl (C=O) groups is 1. The van der Waals surface area contributed by atoms with Gasteiger partial charge in [-0.3, -0.25) is 4.79 Å². The molecule has 1 heterocycles. The molecule has 0 atom stereocenters. The van der Waals surface area contributed by atoms with Crippen molar-refractivity contribution in [2.75, 3.05) is 19.8 Å². The van der Waals surface area contributed by atoms with E-state index in [2.05, 4.69) is 6.92 Å². The van der Waals surface area contributed by atoms with Gasteiger partial charge >= 0.3 is 5.97 Å². The van der Waals surface area contributed by atoms with E-state index in [-0.39, 0.29) is 26.1 Å². The second-order valence-corrected chi connectivity index (χ2v) is 4.46. The van der Waals surface area contributed by atoms with Crippen LogP contribution in [0.2, 0.25) is 0 Å². The third-order valence-corrected chi connectivity index (χ3v) is 2.95. The minimum atomic E-state index is -1.29. The second kappa shape index (κ2) is 7.34. The van der Waals surface area contributed by atoms with Crippen LogP contribution in [0.15, 0.2) is 0 Å². The number of rotatable bonds is 6. The molecule has 0 aromatic carbocycles. The average molecular weight is 255 g/mol. The van der Waals surface area contributed by atoms with Crippen LogP contribution in [0, 0.1) is 16.7 Å². The number of hydrogen-bond donors (Lipinski definition) is 0. The van der Waals surface area contributed by atoms with Crippen molar-refractivity contribution < 1.29 is 19.0 Å². The van der Waals surface area contributed by atoms with Crippen LogP contribution in [-0.4, -0.2) is 32.1 Å². The van der Waals surface area contributed by atoms with Crippen LogP contribution in [0.5, 0.6) is 0 Å². The normalized spacial score (nSPS) is 27.5. The number of nitrogens with zero attached hydrogens (tertiary/aromatic N) is 1. The molecule has 0 amide bonds. The fourth-order valence-corrected chi connectivity index (χ4v) is 1.79. The van der Waals surface area contributed by atoms with E-state index in [0.29, 0.717) is 0 Å². The minimum Gasteiger partial charge on any atom is -0.465 e. The summed E-state index contributed by atoms with van der Waals surface area (Å²) < 4.78 is 15.8. The molecule has 0 spiro atoms. The number of nitriles is 1. The van der Waals surface area contributed by atoms with Crippen LogP contribution in [0.1, 0.15) is 39.5 Å². The lowest BCUT2D eigenvalue weighted by Gasteiger charge is -2.33. The average Bonchev–Trinajstić information content (AvgIpc) is 2.40. The van der Waals surface area contributed by atoms with Gasteiger partial charge in [-0.25, -0.2) is 0 Å². The summed E-state index contributed by atoms with van der Waals surface area (Å²) in [5, 5.41) is 9.13. The molecule has 0 aromatic rings. The predicted octanol–water partition coefficient (Wildman–Crippen LogP) is 2.01. The topological polar surface area (TPSA) is 68.5 Å². The highest BCUT2D eigenvalue weighted by molar-refractivity contribution is 5.80. The molecule has 102 valence electrons. The zero-order valence-electron chi connectivity index (χ0n) is 11.1. The van der Waals surface area contributed by atoms with Gasteiger partial charge in [-0.2, -0.15) is 5.26 Å². The second-order valence-electron chi connectivity index (χ2n) is 4.46. The molecule has 5 nitrogen and oxygen atoms in total. The molecule has 1 saturated heterocycles. The molecule has 0 N–H and O–H groups in total. The van der Waals surface area contributed by atoms with Crippen molar-refractivity contribution in [1.29, 1.82) is 5.26 Å². The van der Waals surface area contributed by atoms with E-state index in [0.717, 1.165) is 25.7 Å². The van der Waals surface area contributed by atoms with Crippen LogP contribution in [-0.2, 0) is 19.0 Å². The Balaban J connectivity index is 2.44. The van der Waals surface area contributed by atoms with Crippen molar-refractivity contribution in [3.05, 3.63) is 0 Å². The van der Waals surface area contributed by atoms with Gasteiger partial charge in [0.05, 0.1) is 25.9 Å². The zero-order chi connectivity index (χ0) is 13.4. The molecule has 0 unspecified atom stereocenters. The summed E-state index contributed by atoms with van der Waals surface area (Å²) in [7, 11) is 0. The van der Waals surface area contributed by atoms with Crippen LogP contribution in [0.4, 0.5) is 0 Å². The van der Waals surface area contributed by atoms with E-state index in [1.54, 1.807) is 6.92 Å². The monoisotopic (exact) mass is 255 g/mol. The Kier molecular flexibility index (Phi) is 6.10. The van der Waals surface area contributed by atoms with E-state index in [1.807, 2.05) is 6.07 Å². The van der Waals surface area contributed by atoms with Crippen molar-refractivity contribution in [1.82, 2.24) is 0 Å². The number of ether oxygens (including phenoxy) is 3. The molecule has 0 aromatic heterocycles. The van der Waals surface area contributed by atoms with Crippen LogP contribution < -0.4 is 0 Å². The third kappa shape index (κ3) is 3.69. The maximum absolute atomic E-state index is 11.7. The Morgan fingerprint density at radius 3 is 2.56 bits per heavy atom. The van der Waals surface area contributed by atoms with Gasteiger partial charge in [-0.05, 0) is 19.8 Å².